The van der Waals surface area contributed by atoms with Gasteiger partial charge in [-0.25, -0.2) is 14.4 Å². The summed E-state index contributed by atoms with van der Waals surface area (Å²) >= 11 is 5.95. The molecule has 0 saturated carbocycles. The second-order valence-electron chi connectivity index (χ2n) is 9.73. The van der Waals surface area contributed by atoms with Gasteiger partial charge in [-0.1, -0.05) is 23.4 Å². The van der Waals surface area contributed by atoms with Crippen LogP contribution in [0.25, 0.3) is 10.9 Å². The summed E-state index contributed by atoms with van der Waals surface area (Å²) in [4.78, 5) is 13.6. The molecular formula is C28H33ClFN5O. The molecule has 1 N–H and O–H groups in total. The molecule has 1 aliphatic heterocycles. The average molecular weight is 510 g/mol. The van der Waals surface area contributed by atoms with Crippen molar-refractivity contribution in [2.24, 2.45) is 0 Å². The Morgan fingerprint density at radius 1 is 1.22 bits per heavy atom. The Morgan fingerprint density at radius 3 is 2.67 bits per heavy atom. The summed E-state index contributed by atoms with van der Waals surface area (Å²) in [7, 11) is 4.34. The van der Waals surface area contributed by atoms with E-state index in [1.54, 1.807) is 6.07 Å². The molecule has 0 aliphatic carbocycles. The molecule has 1 aliphatic rings. The first-order chi connectivity index (χ1) is 17.2. The molecule has 3 aromatic rings. The summed E-state index contributed by atoms with van der Waals surface area (Å²) in [5.74, 6) is 7.64. The number of hydrogen-bond donors (Lipinski definition) is 1. The molecule has 190 valence electrons. The highest BCUT2D eigenvalue weighted by atomic mass is 35.5. The van der Waals surface area contributed by atoms with Gasteiger partial charge in [-0.3, -0.25) is 4.90 Å². The van der Waals surface area contributed by atoms with Crippen molar-refractivity contribution in [2.45, 2.75) is 45.2 Å². The quantitative estimate of drug-likeness (QED) is 0.429. The van der Waals surface area contributed by atoms with Crippen LogP contribution >= 0.6 is 11.6 Å². The van der Waals surface area contributed by atoms with Crippen molar-refractivity contribution < 1.29 is 9.13 Å². The number of anilines is 2. The summed E-state index contributed by atoms with van der Waals surface area (Å²) in [5, 5.41) is 4.02. The molecule has 0 atom stereocenters. The van der Waals surface area contributed by atoms with Crippen LogP contribution in [0.2, 0.25) is 5.02 Å². The van der Waals surface area contributed by atoms with Crippen LogP contribution in [-0.4, -0.2) is 65.1 Å². The normalized spacial score (nSPS) is 15.1. The fourth-order valence-corrected chi connectivity index (χ4v) is 4.59. The number of fused-ring (bicyclic) bond motifs is 1. The number of nitrogens with one attached hydrogen (secondary N) is 1. The molecule has 1 aromatic heterocycles. The smallest absolute Gasteiger partial charge is 0.141 e. The lowest BCUT2D eigenvalue weighted by Gasteiger charge is -2.41. The first-order valence-electron chi connectivity index (χ1n) is 12.3. The van der Waals surface area contributed by atoms with Crippen molar-refractivity contribution in [1.82, 2.24) is 19.8 Å². The van der Waals surface area contributed by atoms with E-state index in [-0.39, 0.29) is 10.6 Å². The van der Waals surface area contributed by atoms with E-state index in [9.17, 15) is 4.39 Å². The zero-order chi connectivity index (χ0) is 25.9. The minimum absolute atomic E-state index is 0.0405. The number of rotatable bonds is 6. The number of halogens is 2. The van der Waals surface area contributed by atoms with Crippen LogP contribution in [0.3, 0.4) is 0 Å². The summed E-state index contributed by atoms with van der Waals surface area (Å²) < 4.78 is 19.5. The lowest BCUT2D eigenvalue weighted by atomic mass is 9.96. The van der Waals surface area contributed by atoms with Gasteiger partial charge < -0.3 is 15.0 Å². The lowest BCUT2D eigenvalue weighted by Crippen LogP contribution is -2.50. The predicted octanol–water partition coefficient (Wildman–Crippen LogP) is 5.72. The van der Waals surface area contributed by atoms with Crippen molar-refractivity contribution in [3.05, 3.63) is 53.1 Å². The Morgan fingerprint density at radius 2 is 1.97 bits per heavy atom. The van der Waals surface area contributed by atoms with E-state index in [1.807, 2.05) is 19.1 Å². The Kier molecular flexibility index (Phi) is 7.99. The van der Waals surface area contributed by atoms with E-state index >= 15 is 0 Å². The van der Waals surface area contributed by atoms with E-state index in [0.717, 1.165) is 42.4 Å². The Hall–Kier alpha value is -2.92. The molecule has 8 heteroatoms. The lowest BCUT2D eigenvalue weighted by molar-refractivity contribution is 0.0912. The molecule has 0 radical (unpaired) electrons. The van der Waals surface area contributed by atoms with E-state index < -0.39 is 5.82 Å². The van der Waals surface area contributed by atoms with Crippen molar-refractivity contribution in [3.8, 4) is 17.6 Å². The van der Waals surface area contributed by atoms with Crippen LogP contribution in [0.15, 0.2) is 36.7 Å². The topological polar surface area (TPSA) is 53.5 Å². The highest BCUT2D eigenvalue weighted by Gasteiger charge is 2.30. The highest BCUT2D eigenvalue weighted by Crippen LogP contribution is 2.31. The predicted molar refractivity (Wildman–Crippen MR) is 145 cm³/mol. The SMILES string of the molecule is CCOc1cc2c(Nc3ccc(F)c(Cl)c3)ncnc2cc1C#CC(C)(C)N(C)C1CCN(C)CC1. The summed E-state index contributed by atoms with van der Waals surface area (Å²) in [6.07, 6.45) is 3.78. The first-order valence-corrected chi connectivity index (χ1v) is 12.6. The number of piperidine rings is 1. The molecule has 1 saturated heterocycles. The fraction of sp³-hybridized carbons (Fsp3) is 0.429. The molecule has 36 heavy (non-hydrogen) atoms. The van der Waals surface area contributed by atoms with Crippen LogP contribution in [0.4, 0.5) is 15.9 Å². The van der Waals surface area contributed by atoms with E-state index in [0.29, 0.717) is 29.9 Å². The third-order valence-corrected chi connectivity index (χ3v) is 7.13. The van der Waals surface area contributed by atoms with Gasteiger partial charge in [0, 0.05) is 17.1 Å². The van der Waals surface area contributed by atoms with Crippen LogP contribution in [0.1, 0.15) is 39.2 Å². The second kappa shape index (κ2) is 11.0. The first kappa shape index (κ1) is 26.2. The van der Waals surface area contributed by atoms with Crippen LogP contribution in [-0.2, 0) is 0 Å². The highest BCUT2D eigenvalue weighted by molar-refractivity contribution is 6.31. The molecule has 2 heterocycles. The molecule has 6 nitrogen and oxygen atoms in total. The maximum Gasteiger partial charge on any atom is 0.141 e. The summed E-state index contributed by atoms with van der Waals surface area (Å²) in [6, 6.07) is 8.80. The molecular weight excluding hydrogens is 477 g/mol. The van der Waals surface area contributed by atoms with Crippen LogP contribution in [0, 0.1) is 17.7 Å². The van der Waals surface area contributed by atoms with E-state index in [2.05, 4.69) is 64.9 Å². The Balaban J connectivity index is 1.65. The number of likely N-dealkylation sites (tertiary alicyclic amines) is 1. The van der Waals surface area contributed by atoms with Crippen LogP contribution in [0.5, 0.6) is 5.75 Å². The van der Waals surface area contributed by atoms with Gasteiger partial charge in [0.05, 0.1) is 28.2 Å². The van der Waals surface area contributed by atoms with E-state index in [1.165, 1.54) is 18.5 Å². The van der Waals surface area contributed by atoms with Crippen molar-refractivity contribution >= 4 is 34.0 Å². The average Bonchev–Trinajstić information content (AvgIpc) is 2.85. The number of benzene rings is 2. The molecule has 4 rings (SSSR count). The Bertz CT molecular complexity index is 1290. The minimum atomic E-state index is -0.471. The number of ether oxygens (including phenoxy) is 1. The molecule has 0 bridgehead atoms. The van der Waals surface area contributed by atoms with Gasteiger partial charge in [-0.05, 0) is 91.1 Å². The fourth-order valence-electron chi connectivity index (χ4n) is 4.41. The molecule has 1 fully saturated rings. The molecule has 0 amide bonds. The van der Waals surface area contributed by atoms with Gasteiger partial charge in [0.25, 0.3) is 0 Å². The monoisotopic (exact) mass is 509 g/mol. The molecule has 0 spiro atoms. The van der Waals surface area contributed by atoms with Gasteiger partial charge in [0.2, 0.25) is 0 Å². The standard InChI is InChI=1S/C28H33ClFN5O/c1-6-36-26-17-22-25(31-18-32-27(22)33-20-7-8-24(30)23(29)16-20)15-19(26)9-12-28(2,3)35(5)21-10-13-34(4)14-11-21/h7-8,15-18,21H,6,10-11,13-14H2,1-5H3,(H,31,32,33). The zero-order valence-electron chi connectivity index (χ0n) is 21.5. The van der Waals surface area contributed by atoms with Gasteiger partial charge in [-0.2, -0.15) is 0 Å². The van der Waals surface area contributed by atoms with Crippen molar-refractivity contribution in [1.29, 1.82) is 0 Å². The number of nitrogens with zero attached hydrogens (tertiary/aromatic N) is 4. The molecule has 2 aromatic carbocycles. The molecule has 0 unspecified atom stereocenters. The maximum atomic E-state index is 13.6. The summed E-state index contributed by atoms with van der Waals surface area (Å²) in [5.41, 5.74) is 1.83. The Labute approximate surface area is 217 Å². The largest absolute Gasteiger partial charge is 0.493 e. The second-order valence-corrected chi connectivity index (χ2v) is 10.1. The maximum absolute atomic E-state index is 13.6. The van der Waals surface area contributed by atoms with E-state index in [4.69, 9.17) is 16.3 Å². The van der Waals surface area contributed by atoms with Crippen LogP contribution < -0.4 is 10.1 Å². The third-order valence-electron chi connectivity index (χ3n) is 6.84. The number of aromatic nitrogens is 2. The van der Waals surface area contributed by atoms with Crippen molar-refractivity contribution in [3.63, 3.8) is 0 Å². The van der Waals surface area contributed by atoms with Gasteiger partial charge in [0.1, 0.15) is 23.7 Å². The van der Waals surface area contributed by atoms with Gasteiger partial charge in [-0.15, -0.1) is 0 Å². The van der Waals surface area contributed by atoms with Gasteiger partial charge in [0.15, 0.2) is 0 Å². The third kappa shape index (κ3) is 5.89. The van der Waals surface area contributed by atoms with Crippen molar-refractivity contribution in [2.75, 3.05) is 39.1 Å². The minimum Gasteiger partial charge on any atom is -0.493 e. The van der Waals surface area contributed by atoms with Gasteiger partial charge >= 0.3 is 0 Å². The number of hydrogen-bond acceptors (Lipinski definition) is 6. The zero-order valence-corrected chi connectivity index (χ0v) is 22.3. The summed E-state index contributed by atoms with van der Waals surface area (Å²) in [6.45, 7) is 8.99.